The van der Waals surface area contributed by atoms with Gasteiger partial charge in [0.05, 0.1) is 31.0 Å². The molecule has 3 aromatic rings. The second-order valence-corrected chi connectivity index (χ2v) is 7.59. The lowest BCUT2D eigenvalue weighted by Gasteiger charge is -2.30. The zero-order valence-electron chi connectivity index (χ0n) is 19.0. The molecule has 0 bridgehead atoms. The molecule has 1 aliphatic rings. The first-order valence-corrected chi connectivity index (χ1v) is 11.0. The van der Waals surface area contributed by atoms with E-state index in [1.165, 1.54) is 0 Å². The zero-order valence-corrected chi connectivity index (χ0v) is 19.0. The van der Waals surface area contributed by atoms with E-state index < -0.39 is 18.0 Å². The number of hydrogen-bond donors (Lipinski definition) is 2. The molecule has 3 aromatic carbocycles. The Morgan fingerprint density at radius 1 is 0.941 bits per heavy atom. The van der Waals surface area contributed by atoms with Crippen LogP contribution in [0.5, 0.6) is 11.5 Å². The molecule has 0 unspecified atom stereocenters. The van der Waals surface area contributed by atoms with Crippen molar-refractivity contribution in [3.8, 4) is 11.5 Å². The van der Waals surface area contributed by atoms with Crippen molar-refractivity contribution in [2.75, 3.05) is 13.7 Å². The molecule has 7 heteroatoms. The normalized spacial score (nSPS) is 15.2. The van der Waals surface area contributed by atoms with Crippen molar-refractivity contribution in [1.82, 2.24) is 10.6 Å². The highest BCUT2D eigenvalue weighted by atomic mass is 16.5. The van der Waals surface area contributed by atoms with Crippen LogP contribution in [0.2, 0.25) is 0 Å². The van der Waals surface area contributed by atoms with Crippen LogP contribution in [0, 0.1) is 0 Å². The fourth-order valence-electron chi connectivity index (χ4n) is 3.79. The van der Waals surface area contributed by atoms with Gasteiger partial charge in [0, 0.05) is 0 Å². The summed E-state index contributed by atoms with van der Waals surface area (Å²) in [6.45, 7) is 2.33. The Morgan fingerprint density at radius 3 is 2.32 bits per heavy atom. The molecule has 2 amide bonds. The number of hydrogen-bond acceptors (Lipinski definition) is 5. The summed E-state index contributed by atoms with van der Waals surface area (Å²) in [6, 6.07) is 23.2. The lowest BCUT2D eigenvalue weighted by molar-refractivity contribution is -0.138. The number of methoxy groups -OCH3 is 1. The third kappa shape index (κ3) is 5.04. The molecule has 0 saturated carbocycles. The van der Waals surface area contributed by atoms with Crippen molar-refractivity contribution in [3.63, 3.8) is 0 Å². The third-order valence-electron chi connectivity index (χ3n) is 5.39. The van der Waals surface area contributed by atoms with Gasteiger partial charge in [0.25, 0.3) is 0 Å². The van der Waals surface area contributed by atoms with Gasteiger partial charge in [-0.25, -0.2) is 9.59 Å². The molecule has 1 atom stereocenters. The molecular formula is C27H26N2O5. The quantitative estimate of drug-likeness (QED) is 0.482. The van der Waals surface area contributed by atoms with Crippen LogP contribution in [0.1, 0.15) is 29.7 Å². The molecule has 4 rings (SSSR count). The standard InChI is InChI=1S/C27H26N2O5/c1-3-33-26(30)23-24(19-12-8-5-9-13-19)28-27(31)29-25(23)20-14-15-21(22(16-20)32-2)34-17-18-10-6-4-7-11-18/h4-16,25H,3,17H2,1-2H3,(H2,28,29,31)/t25-/m0/s1. The number of carbonyl (C=O) groups excluding carboxylic acids is 2. The SMILES string of the molecule is CCOC(=O)C1=C(c2ccccc2)NC(=O)N[C@H]1c1ccc(OCc2ccccc2)c(OC)c1. The van der Waals surface area contributed by atoms with E-state index in [9.17, 15) is 9.59 Å². The van der Waals surface area contributed by atoms with Crippen LogP contribution in [0.3, 0.4) is 0 Å². The predicted octanol–water partition coefficient (Wildman–Crippen LogP) is 4.60. The van der Waals surface area contributed by atoms with E-state index >= 15 is 0 Å². The van der Waals surface area contributed by atoms with Crippen molar-refractivity contribution in [1.29, 1.82) is 0 Å². The first-order valence-electron chi connectivity index (χ1n) is 11.0. The number of ether oxygens (including phenoxy) is 3. The molecule has 1 heterocycles. The Bertz CT molecular complexity index is 1190. The second-order valence-electron chi connectivity index (χ2n) is 7.59. The molecule has 0 fully saturated rings. The molecule has 1 aliphatic heterocycles. The minimum atomic E-state index is -0.736. The van der Waals surface area contributed by atoms with Gasteiger partial charge in [-0.2, -0.15) is 0 Å². The summed E-state index contributed by atoms with van der Waals surface area (Å²) < 4.78 is 16.9. The van der Waals surface area contributed by atoms with Crippen molar-refractivity contribution in [2.24, 2.45) is 0 Å². The summed E-state index contributed by atoms with van der Waals surface area (Å²) >= 11 is 0. The molecule has 2 N–H and O–H groups in total. The maximum Gasteiger partial charge on any atom is 0.338 e. The lowest BCUT2D eigenvalue weighted by atomic mass is 9.92. The molecular weight excluding hydrogens is 432 g/mol. The van der Waals surface area contributed by atoms with Gasteiger partial charge in [-0.15, -0.1) is 0 Å². The highest BCUT2D eigenvalue weighted by Gasteiger charge is 2.34. The van der Waals surface area contributed by atoms with Crippen LogP contribution in [0.4, 0.5) is 4.79 Å². The van der Waals surface area contributed by atoms with Crippen molar-refractivity contribution >= 4 is 17.7 Å². The summed E-state index contributed by atoms with van der Waals surface area (Å²) in [5, 5.41) is 5.62. The fraction of sp³-hybridized carbons (Fsp3) is 0.185. The number of benzene rings is 3. The largest absolute Gasteiger partial charge is 0.493 e. The number of rotatable bonds is 8. The van der Waals surface area contributed by atoms with Crippen LogP contribution in [-0.2, 0) is 16.1 Å². The number of nitrogens with one attached hydrogen (secondary N) is 2. The van der Waals surface area contributed by atoms with E-state index in [-0.39, 0.29) is 6.61 Å². The van der Waals surface area contributed by atoms with Gasteiger partial charge in [-0.3, -0.25) is 0 Å². The van der Waals surface area contributed by atoms with E-state index in [0.29, 0.717) is 40.5 Å². The highest BCUT2D eigenvalue weighted by molar-refractivity contribution is 6.04. The van der Waals surface area contributed by atoms with Crippen LogP contribution in [-0.4, -0.2) is 25.7 Å². The van der Waals surface area contributed by atoms with Gasteiger partial charge in [-0.05, 0) is 35.7 Å². The molecule has 0 saturated heterocycles. The fourth-order valence-corrected chi connectivity index (χ4v) is 3.79. The summed E-state index contributed by atoms with van der Waals surface area (Å²) in [7, 11) is 1.55. The summed E-state index contributed by atoms with van der Waals surface area (Å²) in [5.41, 5.74) is 3.12. The lowest BCUT2D eigenvalue weighted by Crippen LogP contribution is -2.45. The summed E-state index contributed by atoms with van der Waals surface area (Å²) in [4.78, 5) is 25.6. The van der Waals surface area contributed by atoms with E-state index in [1.807, 2.05) is 60.7 Å². The molecule has 0 radical (unpaired) electrons. The second kappa shape index (κ2) is 10.6. The van der Waals surface area contributed by atoms with Crippen LogP contribution in [0.15, 0.2) is 84.4 Å². The van der Waals surface area contributed by atoms with E-state index in [1.54, 1.807) is 32.2 Å². The average molecular weight is 459 g/mol. The predicted molar refractivity (Wildman–Crippen MR) is 128 cm³/mol. The van der Waals surface area contributed by atoms with Crippen LogP contribution in [0.25, 0.3) is 5.70 Å². The number of carbonyl (C=O) groups is 2. The number of esters is 1. The first-order chi connectivity index (χ1) is 16.6. The molecule has 0 spiro atoms. The Morgan fingerprint density at radius 2 is 1.65 bits per heavy atom. The topological polar surface area (TPSA) is 85.9 Å². The zero-order chi connectivity index (χ0) is 23.9. The highest BCUT2D eigenvalue weighted by Crippen LogP contribution is 2.36. The number of amides is 2. The number of urea groups is 1. The van der Waals surface area contributed by atoms with Crippen LogP contribution >= 0.6 is 0 Å². The third-order valence-corrected chi connectivity index (χ3v) is 5.39. The van der Waals surface area contributed by atoms with Gasteiger partial charge in [-0.1, -0.05) is 66.7 Å². The van der Waals surface area contributed by atoms with E-state index in [2.05, 4.69) is 10.6 Å². The van der Waals surface area contributed by atoms with E-state index in [4.69, 9.17) is 14.2 Å². The monoisotopic (exact) mass is 458 g/mol. The van der Waals surface area contributed by atoms with Crippen LogP contribution < -0.4 is 20.1 Å². The minimum absolute atomic E-state index is 0.209. The molecule has 0 aromatic heterocycles. The Balaban J connectivity index is 1.71. The first kappa shape index (κ1) is 22.9. The molecule has 174 valence electrons. The van der Waals surface area contributed by atoms with Crippen molar-refractivity contribution in [2.45, 2.75) is 19.6 Å². The maximum atomic E-state index is 13.0. The van der Waals surface area contributed by atoms with Gasteiger partial charge in [0.2, 0.25) is 0 Å². The van der Waals surface area contributed by atoms with Crippen molar-refractivity contribution in [3.05, 3.63) is 101 Å². The van der Waals surface area contributed by atoms with Gasteiger partial charge < -0.3 is 24.8 Å². The minimum Gasteiger partial charge on any atom is -0.493 e. The van der Waals surface area contributed by atoms with E-state index in [0.717, 1.165) is 5.56 Å². The summed E-state index contributed by atoms with van der Waals surface area (Å²) in [5.74, 6) is 0.535. The summed E-state index contributed by atoms with van der Waals surface area (Å²) in [6.07, 6.45) is 0. The smallest absolute Gasteiger partial charge is 0.338 e. The Labute approximate surface area is 198 Å². The molecule has 0 aliphatic carbocycles. The van der Waals surface area contributed by atoms with Gasteiger partial charge in [0.1, 0.15) is 6.61 Å². The molecule has 34 heavy (non-hydrogen) atoms. The Kier molecular flexibility index (Phi) is 7.13. The molecule has 7 nitrogen and oxygen atoms in total. The van der Waals surface area contributed by atoms with Crippen molar-refractivity contribution < 1.29 is 23.8 Å². The van der Waals surface area contributed by atoms with Gasteiger partial charge >= 0.3 is 12.0 Å². The van der Waals surface area contributed by atoms with Gasteiger partial charge in [0.15, 0.2) is 11.5 Å². The average Bonchev–Trinajstić information content (AvgIpc) is 2.88. The maximum absolute atomic E-state index is 13.0. The Hall–Kier alpha value is -4.26.